The molecular weight excluding hydrogens is 342 g/mol. The van der Waals surface area contributed by atoms with Gasteiger partial charge in [0.2, 0.25) is 0 Å². The summed E-state index contributed by atoms with van der Waals surface area (Å²) < 4.78 is 2.72. The summed E-state index contributed by atoms with van der Waals surface area (Å²) in [7, 11) is 4.38. The second-order valence-electron chi connectivity index (χ2n) is 6.62. The molecule has 1 fully saturated rings. The van der Waals surface area contributed by atoms with Crippen LogP contribution in [-0.2, 0) is 0 Å². The standard InChI is InChI=1S/C18H20BrNS/c1-20(2)10-14-11-7-8-12(9-11)16(14)18-17(19)13-5-3-4-6-15(13)21-18/h3-6,11-12H,7-10H2,1-2H3. The molecule has 2 bridgehead atoms. The summed E-state index contributed by atoms with van der Waals surface area (Å²) >= 11 is 5.86. The molecule has 2 aliphatic carbocycles. The molecule has 0 spiro atoms. The van der Waals surface area contributed by atoms with E-state index in [0.717, 1.165) is 18.4 Å². The molecule has 0 aliphatic heterocycles. The van der Waals surface area contributed by atoms with Crippen LogP contribution in [0, 0.1) is 11.8 Å². The van der Waals surface area contributed by atoms with Gasteiger partial charge in [0.1, 0.15) is 0 Å². The molecule has 0 saturated heterocycles. The van der Waals surface area contributed by atoms with Crippen LogP contribution < -0.4 is 0 Å². The lowest BCUT2D eigenvalue weighted by molar-refractivity contribution is 0.423. The molecular formula is C18H20BrNS. The van der Waals surface area contributed by atoms with Gasteiger partial charge in [-0.15, -0.1) is 11.3 Å². The Morgan fingerprint density at radius 1 is 1.19 bits per heavy atom. The molecule has 1 nitrogen and oxygen atoms in total. The zero-order chi connectivity index (χ0) is 14.6. The van der Waals surface area contributed by atoms with Gasteiger partial charge in [0.25, 0.3) is 0 Å². The number of nitrogens with zero attached hydrogens (tertiary/aromatic N) is 1. The van der Waals surface area contributed by atoms with Crippen LogP contribution in [0.3, 0.4) is 0 Å². The number of hydrogen-bond acceptors (Lipinski definition) is 2. The number of hydrogen-bond donors (Lipinski definition) is 0. The van der Waals surface area contributed by atoms with Crippen molar-refractivity contribution >= 4 is 42.9 Å². The third kappa shape index (κ3) is 2.21. The number of thiophene rings is 1. The lowest BCUT2D eigenvalue weighted by Gasteiger charge is -2.22. The second-order valence-corrected chi connectivity index (χ2v) is 8.47. The third-order valence-electron chi connectivity index (χ3n) is 4.95. The van der Waals surface area contributed by atoms with Gasteiger partial charge in [-0.05, 0) is 78.3 Å². The van der Waals surface area contributed by atoms with Gasteiger partial charge < -0.3 is 4.90 Å². The highest BCUT2D eigenvalue weighted by Gasteiger charge is 2.40. The van der Waals surface area contributed by atoms with E-state index in [2.05, 4.69) is 59.2 Å². The summed E-state index contributed by atoms with van der Waals surface area (Å²) in [6, 6.07) is 8.76. The van der Waals surface area contributed by atoms with Crippen LogP contribution in [0.2, 0.25) is 0 Å². The zero-order valence-corrected chi connectivity index (χ0v) is 14.9. The molecule has 2 atom stereocenters. The van der Waals surface area contributed by atoms with E-state index in [9.17, 15) is 0 Å². The normalized spacial score (nSPS) is 24.8. The van der Waals surface area contributed by atoms with Crippen LogP contribution >= 0.6 is 27.3 Å². The maximum absolute atomic E-state index is 3.89. The van der Waals surface area contributed by atoms with Crippen LogP contribution in [0.25, 0.3) is 15.7 Å². The smallest absolute Gasteiger partial charge is 0.0460 e. The van der Waals surface area contributed by atoms with Gasteiger partial charge in [-0.3, -0.25) is 0 Å². The van der Waals surface area contributed by atoms with E-state index in [-0.39, 0.29) is 0 Å². The van der Waals surface area contributed by atoms with Crippen LogP contribution in [-0.4, -0.2) is 25.5 Å². The Kier molecular flexibility index (Phi) is 3.48. The predicted octanol–water partition coefficient (Wildman–Crippen LogP) is 5.41. The van der Waals surface area contributed by atoms with Crippen LogP contribution in [0.1, 0.15) is 24.1 Å². The Bertz CT molecular complexity index is 728. The maximum atomic E-state index is 3.89. The van der Waals surface area contributed by atoms with E-state index < -0.39 is 0 Å². The van der Waals surface area contributed by atoms with Crippen molar-refractivity contribution in [2.24, 2.45) is 11.8 Å². The molecule has 0 N–H and O–H groups in total. The molecule has 2 unspecified atom stereocenters. The molecule has 110 valence electrons. The highest BCUT2D eigenvalue weighted by molar-refractivity contribution is 9.10. The van der Waals surface area contributed by atoms with Crippen LogP contribution in [0.5, 0.6) is 0 Å². The molecule has 2 aliphatic rings. The first kappa shape index (κ1) is 14.0. The fourth-order valence-corrected chi connectivity index (χ4v) is 6.30. The lowest BCUT2D eigenvalue weighted by atomic mass is 9.90. The van der Waals surface area contributed by atoms with Gasteiger partial charge in [0, 0.05) is 26.0 Å². The van der Waals surface area contributed by atoms with E-state index in [1.807, 2.05) is 11.3 Å². The van der Waals surface area contributed by atoms with E-state index in [4.69, 9.17) is 0 Å². The van der Waals surface area contributed by atoms with E-state index >= 15 is 0 Å². The number of fused-ring (bicyclic) bond motifs is 3. The zero-order valence-electron chi connectivity index (χ0n) is 12.5. The minimum Gasteiger partial charge on any atom is -0.305 e. The minimum absolute atomic E-state index is 0.800. The second kappa shape index (κ2) is 5.22. The molecule has 2 aromatic rings. The van der Waals surface area contributed by atoms with Gasteiger partial charge >= 0.3 is 0 Å². The van der Waals surface area contributed by atoms with E-state index in [0.29, 0.717) is 0 Å². The molecule has 3 heteroatoms. The third-order valence-corrected chi connectivity index (χ3v) is 7.24. The van der Waals surface area contributed by atoms with Crippen molar-refractivity contribution < 1.29 is 0 Å². The molecule has 1 aromatic carbocycles. The van der Waals surface area contributed by atoms with Crippen molar-refractivity contribution in [3.63, 3.8) is 0 Å². The van der Waals surface area contributed by atoms with Crippen molar-refractivity contribution in [1.82, 2.24) is 4.90 Å². The van der Waals surface area contributed by atoms with Crippen molar-refractivity contribution in [2.75, 3.05) is 20.6 Å². The average Bonchev–Trinajstić information content (AvgIpc) is 3.13. The Morgan fingerprint density at radius 3 is 2.71 bits per heavy atom. The van der Waals surface area contributed by atoms with Crippen molar-refractivity contribution in [2.45, 2.75) is 19.3 Å². The summed E-state index contributed by atoms with van der Waals surface area (Å²) in [5.41, 5.74) is 3.39. The fraction of sp³-hybridized carbons (Fsp3) is 0.444. The number of allylic oxidation sites excluding steroid dienone is 1. The Labute approximate surface area is 138 Å². The first-order valence-electron chi connectivity index (χ1n) is 7.70. The van der Waals surface area contributed by atoms with Gasteiger partial charge in [-0.25, -0.2) is 0 Å². The monoisotopic (exact) mass is 361 g/mol. The first-order valence-corrected chi connectivity index (χ1v) is 9.31. The quantitative estimate of drug-likeness (QED) is 0.706. The highest BCUT2D eigenvalue weighted by Crippen LogP contribution is 2.55. The first-order chi connectivity index (χ1) is 10.1. The van der Waals surface area contributed by atoms with Gasteiger partial charge in [-0.1, -0.05) is 18.2 Å². The number of halogens is 1. The number of benzene rings is 1. The van der Waals surface area contributed by atoms with Crippen molar-refractivity contribution in [1.29, 1.82) is 0 Å². The van der Waals surface area contributed by atoms with Crippen LogP contribution in [0.15, 0.2) is 34.3 Å². The van der Waals surface area contributed by atoms with Gasteiger partial charge in [0.15, 0.2) is 0 Å². The van der Waals surface area contributed by atoms with Crippen molar-refractivity contribution in [3.05, 3.63) is 39.2 Å². The van der Waals surface area contributed by atoms with E-state index in [1.54, 1.807) is 11.1 Å². The molecule has 4 rings (SSSR count). The minimum atomic E-state index is 0.800. The van der Waals surface area contributed by atoms with Crippen molar-refractivity contribution in [3.8, 4) is 0 Å². The summed E-state index contributed by atoms with van der Waals surface area (Å²) in [5, 5.41) is 1.37. The van der Waals surface area contributed by atoms with Crippen LogP contribution in [0.4, 0.5) is 0 Å². The topological polar surface area (TPSA) is 3.24 Å². The summed E-state index contributed by atoms with van der Waals surface area (Å²) in [4.78, 5) is 3.83. The number of likely N-dealkylation sites (N-methyl/N-ethyl adjacent to an activating group) is 1. The number of rotatable bonds is 3. The molecule has 1 saturated carbocycles. The SMILES string of the molecule is CN(C)CC1=C(c2sc3ccccc3c2Br)C2CCC1C2. The fourth-order valence-electron chi connectivity index (χ4n) is 4.12. The molecule has 1 aromatic heterocycles. The molecule has 0 radical (unpaired) electrons. The predicted molar refractivity (Wildman–Crippen MR) is 95.8 cm³/mol. The largest absolute Gasteiger partial charge is 0.305 e. The molecule has 0 amide bonds. The Balaban J connectivity index is 1.89. The lowest BCUT2D eigenvalue weighted by Crippen LogP contribution is -2.19. The van der Waals surface area contributed by atoms with E-state index in [1.165, 1.54) is 38.7 Å². The molecule has 21 heavy (non-hydrogen) atoms. The maximum Gasteiger partial charge on any atom is 0.0460 e. The van der Waals surface area contributed by atoms with Gasteiger partial charge in [-0.2, -0.15) is 0 Å². The summed E-state index contributed by atoms with van der Waals surface area (Å²) in [6.07, 6.45) is 4.18. The highest BCUT2D eigenvalue weighted by atomic mass is 79.9. The average molecular weight is 362 g/mol. The van der Waals surface area contributed by atoms with Gasteiger partial charge in [0.05, 0.1) is 0 Å². The summed E-state index contributed by atoms with van der Waals surface area (Å²) in [5.74, 6) is 1.64. The Morgan fingerprint density at radius 2 is 1.95 bits per heavy atom. The molecule has 1 heterocycles. The summed E-state index contributed by atoms with van der Waals surface area (Å²) in [6.45, 7) is 1.12. The Hall–Kier alpha value is -0.640.